The molecule has 1 heterocycles. The number of aliphatic carboxylic acids is 1. The van der Waals surface area contributed by atoms with Gasteiger partial charge in [0, 0.05) is 0 Å². The van der Waals surface area contributed by atoms with Gasteiger partial charge >= 0.3 is 5.97 Å². The van der Waals surface area contributed by atoms with Gasteiger partial charge in [-0.05, 0) is 56.9 Å². The molecular formula is C27H39NO5S2. The van der Waals surface area contributed by atoms with Crippen molar-refractivity contribution in [2.24, 2.45) is 0 Å². The van der Waals surface area contributed by atoms with Crippen molar-refractivity contribution in [3.05, 3.63) is 28.7 Å². The number of hydrogen-bond donors (Lipinski definition) is 1. The Morgan fingerprint density at radius 3 is 2.46 bits per heavy atom. The van der Waals surface area contributed by atoms with Crippen LogP contribution in [0, 0.1) is 0 Å². The first-order chi connectivity index (χ1) is 16.8. The zero-order chi connectivity index (χ0) is 25.8. The monoisotopic (exact) mass is 521 g/mol. The van der Waals surface area contributed by atoms with Crippen LogP contribution in [0.15, 0.2) is 23.1 Å². The summed E-state index contributed by atoms with van der Waals surface area (Å²) in [6.45, 7) is 8.69. The van der Waals surface area contributed by atoms with E-state index in [2.05, 4.69) is 13.8 Å². The van der Waals surface area contributed by atoms with E-state index in [4.69, 9.17) is 21.7 Å². The summed E-state index contributed by atoms with van der Waals surface area (Å²) in [6.07, 6.45) is 10.9. The molecule has 2 rings (SSSR count). The summed E-state index contributed by atoms with van der Waals surface area (Å²) in [7, 11) is 0. The standard InChI is InChI=1S/C27H39NO5S2/c1-5-8-10-11-12-13-19(4)33-22-16-15-20(17-23(22)32-7-3)18-24-25(29)28(27(34)35-24)21(26(30)31)14-9-6-2/h15-19,21H,5-14H2,1-4H3,(H,30,31). The third-order valence-corrected chi connectivity index (χ3v) is 7.19. The number of benzene rings is 1. The number of nitrogens with zero attached hydrogens (tertiary/aromatic N) is 1. The van der Waals surface area contributed by atoms with Gasteiger partial charge in [0.05, 0.1) is 17.6 Å². The van der Waals surface area contributed by atoms with Gasteiger partial charge in [0.2, 0.25) is 0 Å². The second kappa shape index (κ2) is 15.1. The summed E-state index contributed by atoms with van der Waals surface area (Å²) in [6, 6.07) is 4.66. The Morgan fingerprint density at radius 1 is 1.09 bits per heavy atom. The Morgan fingerprint density at radius 2 is 1.80 bits per heavy atom. The molecule has 0 bridgehead atoms. The predicted octanol–water partition coefficient (Wildman–Crippen LogP) is 7.06. The van der Waals surface area contributed by atoms with E-state index in [9.17, 15) is 14.7 Å². The summed E-state index contributed by atoms with van der Waals surface area (Å²) in [4.78, 5) is 26.5. The molecular weight excluding hydrogens is 482 g/mol. The first kappa shape index (κ1) is 29.2. The first-order valence-electron chi connectivity index (χ1n) is 12.8. The Balaban J connectivity index is 2.14. The molecule has 2 unspecified atom stereocenters. The topological polar surface area (TPSA) is 76.1 Å². The quantitative estimate of drug-likeness (QED) is 0.142. The lowest BCUT2D eigenvalue weighted by atomic mass is 10.1. The fourth-order valence-electron chi connectivity index (χ4n) is 3.95. The smallest absolute Gasteiger partial charge is 0.326 e. The molecule has 1 aromatic carbocycles. The van der Waals surface area contributed by atoms with Crippen molar-refractivity contribution >= 4 is 46.3 Å². The number of thioether (sulfide) groups is 1. The van der Waals surface area contributed by atoms with Gasteiger partial charge in [-0.3, -0.25) is 9.69 Å². The van der Waals surface area contributed by atoms with Crippen LogP contribution in [-0.4, -0.2) is 45.0 Å². The van der Waals surface area contributed by atoms with Crippen molar-refractivity contribution in [1.29, 1.82) is 0 Å². The molecule has 35 heavy (non-hydrogen) atoms. The van der Waals surface area contributed by atoms with E-state index in [1.165, 1.54) is 30.6 Å². The fraction of sp³-hybridized carbons (Fsp3) is 0.593. The highest BCUT2D eigenvalue weighted by molar-refractivity contribution is 8.26. The van der Waals surface area contributed by atoms with Crippen LogP contribution >= 0.6 is 24.0 Å². The van der Waals surface area contributed by atoms with Crippen molar-refractivity contribution in [2.45, 2.75) is 97.6 Å². The lowest BCUT2D eigenvalue weighted by Gasteiger charge is -2.22. The summed E-state index contributed by atoms with van der Waals surface area (Å²) < 4.78 is 12.3. The minimum atomic E-state index is -1.03. The minimum absolute atomic E-state index is 0.0778. The van der Waals surface area contributed by atoms with Crippen molar-refractivity contribution in [3.63, 3.8) is 0 Å². The third-order valence-electron chi connectivity index (χ3n) is 5.86. The van der Waals surface area contributed by atoms with Gasteiger partial charge in [-0.2, -0.15) is 0 Å². The van der Waals surface area contributed by atoms with E-state index in [-0.39, 0.29) is 16.3 Å². The van der Waals surface area contributed by atoms with Crippen molar-refractivity contribution in [3.8, 4) is 11.5 Å². The second-order valence-electron chi connectivity index (χ2n) is 8.82. The zero-order valence-corrected chi connectivity index (χ0v) is 23.0. The number of ether oxygens (including phenoxy) is 2. The van der Waals surface area contributed by atoms with Crippen LogP contribution < -0.4 is 9.47 Å². The summed E-state index contributed by atoms with van der Waals surface area (Å²) in [5, 5.41) is 9.65. The first-order valence-corrected chi connectivity index (χ1v) is 14.0. The van der Waals surface area contributed by atoms with E-state index in [0.29, 0.717) is 35.9 Å². The molecule has 1 aliphatic rings. The maximum absolute atomic E-state index is 13.0. The molecule has 1 fully saturated rings. The molecule has 1 aliphatic heterocycles. The van der Waals surface area contributed by atoms with Crippen LogP contribution in [0.1, 0.15) is 91.0 Å². The third kappa shape index (κ3) is 8.83. The lowest BCUT2D eigenvalue weighted by molar-refractivity contribution is -0.145. The average molecular weight is 522 g/mol. The maximum atomic E-state index is 13.0. The Bertz CT molecular complexity index is 902. The summed E-state index contributed by atoms with van der Waals surface area (Å²) >= 11 is 6.51. The van der Waals surface area contributed by atoms with E-state index >= 15 is 0 Å². The highest BCUT2D eigenvalue weighted by Crippen LogP contribution is 2.37. The number of hydrogen-bond acceptors (Lipinski definition) is 6. The second-order valence-corrected chi connectivity index (χ2v) is 10.5. The predicted molar refractivity (Wildman–Crippen MR) is 147 cm³/mol. The van der Waals surface area contributed by atoms with Gasteiger partial charge in [-0.1, -0.05) is 82.4 Å². The molecule has 0 saturated carbocycles. The average Bonchev–Trinajstić information content (AvgIpc) is 3.08. The molecule has 8 heteroatoms. The van der Waals surface area contributed by atoms with E-state index in [0.717, 1.165) is 36.6 Å². The molecule has 6 nitrogen and oxygen atoms in total. The van der Waals surface area contributed by atoms with Gasteiger partial charge in [-0.15, -0.1) is 0 Å². The van der Waals surface area contributed by atoms with Crippen LogP contribution in [0.4, 0.5) is 0 Å². The normalized spacial score (nSPS) is 16.6. The molecule has 0 spiro atoms. The Labute approximate surface area is 219 Å². The molecule has 1 saturated heterocycles. The van der Waals surface area contributed by atoms with Crippen molar-refractivity contribution in [2.75, 3.05) is 6.61 Å². The Kier molecular flexibility index (Phi) is 12.6. The molecule has 1 N–H and O–H groups in total. The van der Waals surface area contributed by atoms with Crippen LogP contribution in [0.2, 0.25) is 0 Å². The van der Waals surface area contributed by atoms with Crippen molar-refractivity contribution in [1.82, 2.24) is 4.90 Å². The van der Waals surface area contributed by atoms with E-state index in [1.807, 2.05) is 32.0 Å². The SMILES string of the molecule is CCCCCCCC(C)Oc1ccc(C=C2SC(=S)N(C(CCCC)C(=O)O)C2=O)cc1OCC. The van der Waals surface area contributed by atoms with Gasteiger partial charge in [0.1, 0.15) is 10.4 Å². The highest BCUT2D eigenvalue weighted by atomic mass is 32.2. The van der Waals surface area contributed by atoms with Gasteiger partial charge < -0.3 is 14.6 Å². The number of rotatable bonds is 16. The molecule has 0 radical (unpaired) electrons. The fourth-order valence-corrected chi connectivity index (χ4v) is 5.31. The van der Waals surface area contributed by atoms with Crippen LogP contribution in [0.25, 0.3) is 6.08 Å². The molecule has 2 atom stereocenters. The summed E-state index contributed by atoms with van der Waals surface area (Å²) in [5.41, 5.74) is 0.772. The minimum Gasteiger partial charge on any atom is -0.490 e. The number of thiocarbonyl (C=S) groups is 1. The van der Waals surface area contributed by atoms with E-state index < -0.39 is 12.0 Å². The molecule has 1 aromatic rings. The van der Waals surface area contributed by atoms with E-state index in [1.54, 1.807) is 6.08 Å². The molecule has 194 valence electrons. The number of carbonyl (C=O) groups excluding carboxylic acids is 1. The number of carboxylic acid groups (broad SMARTS) is 1. The van der Waals surface area contributed by atoms with Gasteiger partial charge in [0.25, 0.3) is 5.91 Å². The number of carboxylic acids is 1. The Hall–Kier alpha value is -2.06. The number of amides is 1. The summed E-state index contributed by atoms with van der Waals surface area (Å²) in [5.74, 6) is -0.0851. The number of carbonyl (C=O) groups is 2. The van der Waals surface area contributed by atoms with Crippen LogP contribution in [0.5, 0.6) is 11.5 Å². The highest BCUT2D eigenvalue weighted by Gasteiger charge is 2.40. The zero-order valence-electron chi connectivity index (χ0n) is 21.4. The van der Waals surface area contributed by atoms with Crippen LogP contribution in [0.3, 0.4) is 0 Å². The van der Waals surface area contributed by atoms with Gasteiger partial charge in [-0.25, -0.2) is 4.79 Å². The van der Waals surface area contributed by atoms with Crippen molar-refractivity contribution < 1.29 is 24.2 Å². The molecule has 1 amide bonds. The van der Waals surface area contributed by atoms with Crippen LogP contribution in [-0.2, 0) is 9.59 Å². The maximum Gasteiger partial charge on any atom is 0.326 e. The molecule has 0 aliphatic carbocycles. The molecule has 0 aromatic heterocycles. The largest absolute Gasteiger partial charge is 0.490 e. The van der Waals surface area contributed by atoms with Gasteiger partial charge in [0.15, 0.2) is 11.5 Å². The lowest BCUT2D eigenvalue weighted by Crippen LogP contribution is -2.43. The number of unbranched alkanes of at least 4 members (excludes halogenated alkanes) is 5.